The Balaban J connectivity index is 3.11. The SMILES string of the molecule is Cc1ccc(C(O)(CC(C)C)CC(C)C)cc1F. The maximum Gasteiger partial charge on any atom is 0.126 e. The Labute approximate surface area is 110 Å². The van der Waals surface area contributed by atoms with E-state index in [0.29, 0.717) is 35.8 Å². The topological polar surface area (TPSA) is 20.2 Å². The zero-order valence-electron chi connectivity index (χ0n) is 12.1. The van der Waals surface area contributed by atoms with Gasteiger partial charge in [-0.1, -0.05) is 39.8 Å². The van der Waals surface area contributed by atoms with Gasteiger partial charge in [0.05, 0.1) is 5.60 Å². The summed E-state index contributed by atoms with van der Waals surface area (Å²) in [4.78, 5) is 0. The van der Waals surface area contributed by atoms with Gasteiger partial charge in [0.25, 0.3) is 0 Å². The molecule has 0 bridgehead atoms. The second kappa shape index (κ2) is 5.83. The second-order valence-electron chi connectivity index (χ2n) is 6.19. The lowest BCUT2D eigenvalue weighted by Crippen LogP contribution is -2.29. The van der Waals surface area contributed by atoms with Crippen LogP contribution < -0.4 is 0 Å². The highest BCUT2D eigenvalue weighted by molar-refractivity contribution is 5.28. The van der Waals surface area contributed by atoms with Gasteiger partial charge in [-0.15, -0.1) is 0 Å². The van der Waals surface area contributed by atoms with Crippen LogP contribution in [0.2, 0.25) is 0 Å². The molecular weight excluding hydrogens is 227 g/mol. The van der Waals surface area contributed by atoms with Gasteiger partial charge >= 0.3 is 0 Å². The largest absolute Gasteiger partial charge is 0.385 e. The fraction of sp³-hybridized carbons (Fsp3) is 0.625. The van der Waals surface area contributed by atoms with Gasteiger partial charge in [0.15, 0.2) is 0 Å². The van der Waals surface area contributed by atoms with Crippen LogP contribution in [-0.2, 0) is 5.60 Å². The van der Waals surface area contributed by atoms with E-state index in [1.165, 1.54) is 6.07 Å². The van der Waals surface area contributed by atoms with Crippen LogP contribution in [-0.4, -0.2) is 5.11 Å². The molecule has 0 aliphatic heterocycles. The fourth-order valence-electron chi connectivity index (χ4n) is 2.55. The Morgan fingerprint density at radius 2 is 1.61 bits per heavy atom. The van der Waals surface area contributed by atoms with Crippen molar-refractivity contribution >= 4 is 0 Å². The number of hydrogen-bond donors (Lipinski definition) is 1. The number of benzene rings is 1. The molecule has 0 aromatic heterocycles. The third-order valence-corrected chi connectivity index (χ3v) is 3.20. The number of aliphatic hydroxyl groups is 1. The molecule has 0 saturated heterocycles. The highest BCUT2D eigenvalue weighted by Crippen LogP contribution is 2.35. The quantitative estimate of drug-likeness (QED) is 0.822. The summed E-state index contributed by atoms with van der Waals surface area (Å²) in [5, 5.41) is 10.9. The van der Waals surface area contributed by atoms with Crippen molar-refractivity contribution in [3.8, 4) is 0 Å². The average molecular weight is 252 g/mol. The average Bonchev–Trinajstić information content (AvgIpc) is 2.19. The summed E-state index contributed by atoms with van der Waals surface area (Å²) in [7, 11) is 0. The maximum atomic E-state index is 13.7. The molecular formula is C16H25FO. The van der Waals surface area contributed by atoms with Crippen molar-refractivity contribution in [2.45, 2.75) is 53.1 Å². The summed E-state index contributed by atoms with van der Waals surface area (Å²) >= 11 is 0. The molecule has 1 aromatic rings. The van der Waals surface area contributed by atoms with Crippen LogP contribution in [0.5, 0.6) is 0 Å². The Bertz CT molecular complexity index is 386. The Morgan fingerprint density at radius 1 is 1.11 bits per heavy atom. The molecule has 0 spiro atoms. The molecule has 0 saturated carbocycles. The molecule has 0 aliphatic carbocycles. The van der Waals surface area contributed by atoms with Crippen molar-refractivity contribution in [2.24, 2.45) is 11.8 Å². The number of aryl methyl sites for hydroxylation is 1. The molecule has 0 atom stereocenters. The van der Waals surface area contributed by atoms with Gasteiger partial charge in [-0.05, 0) is 48.8 Å². The van der Waals surface area contributed by atoms with Crippen molar-refractivity contribution in [1.29, 1.82) is 0 Å². The lowest BCUT2D eigenvalue weighted by molar-refractivity contribution is -0.00476. The molecule has 0 radical (unpaired) electrons. The van der Waals surface area contributed by atoms with Gasteiger partial charge in [-0.25, -0.2) is 4.39 Å². The van der Waals surface area contributed by atoms with E-state index < -0.39 is 5.60 Å². The standard InChI is InChI=1S/C16H25FO/c1-11(2)9-16(18,10-12(3)4)14-7-6-13(5)15(17)8-14/h6-8,11-12,18H,9-10H2,1-5H3. The predicted octanol–water partition coefficient (Wildman–Crippen LogP) is 4.41. The fourth-order valence-corrected chi connectivity index (χ4v) is 2.55. The van der Waals surface area contributed by atoms with E-state index in [-0.39, 0.29) is 5.82 Å². The van der Waals surface area contributed by atoms with Crippen LogP contribution in [0.3, 0.4) is 0 Å². The highest BCUT2D eigenvalue weighted by Gasteiger charge is 2.31. The molecule has 1 rings (SSSR count). The van der Waals surface area contributed by atoms with E-state index in [9.17, 15) is 9.50 Å². The van der Waals surface area contributed by atoms with E-state index in [1.807, 2.05) is 6.07 Å². The summed E-state index contributed by atoms with van der Waals surface area (Å²) in [6.07, 6.45) is 1.32. The van der Waals surface area contributed by atoms with Gasteiger partial charge in [0, 0.05) is 0 Å². The summed E-state index contributed by atoms with van der Waals surface area (Å²) in [5.74, 6) is 0.509. The van der Waals surface area contributed by atoms with Crippen LogP contribution >= 0.6 is 0 Å². The first-order chi connectivity index (χ1) is 8.24. The minimum Gasteiger partial charge on any atom is -0.385 e. The molecule has 2 heteroatoms. The third-order valence-electron chi connectivity index (χ3n) is 3.20. The van der Waals surface area contributed by atoms with Crippen LogP contribution in [0, 0.1) is 24.6 Å². The van der Waals surface area contributed by atoms with E-state index in [4.69, 9.17) is 0 Å². The molecule has 102 valence electrons. The van der Waals surface area contributed by atoms with Gasteiger partial charge < -0.3 is 5.11 Å². The molecule has 18 heavy (non-hydrogen) atoms. The first-order valence-electron chi connectivity index (χ1n) is 6.73. The van der Waals surface area contributed by atoms with E-state index >= 15 is 0 Å². The zero-order valence-corrected chi connectivity index (χ0v) is 12.1. The van der Waals surface area contributed by atoms with Crippen LogP contribution in [0.15, 0.2) is 18.2 Å². The summed E-state index contributed by atoms with van der Waals surface area (Å²) in [5.41, 5.74) is 0.403. The van der Waals surface area contributed by atoms with Gasteiger partial charge in [-0.2, -0.15) is 0 Å². The summed E-state index contributed by atoms with van der Waals surface area (Å²) in [6, 6.07) is 5.08. The Kier molecular flexibility index (Phi) is 4.92. The third kappa shape index (κ3) is 3.81. The molecule has 0 fully saturated rings. The molecule has 0 heterocycles. The summed E-state index contributed by atoms with van der Waals surface area (Å²) in [6.45, 7) is 10.1. The molecule has 1 N–H and O–H groups in total. The van der Waals surface area contributed by atoms with Crippen molar-refractivity contribution in [2.75, 3.05) is 0 Å². The minimum absolute atomic E-state index is 0.238. The molecule has 1 aromatic carbocycles. The smallest absolute Gasteiger partial charge is 0.126 e. The number of hydrogen-bond acceptors (Lipinski definition) is 1. The molecule has 0 unspecified atom stereocenters. The first-order valence-corrected chi connectivity index (χ1v) is 6.73. The summed E-state index contributed by atoms with van der Waals surface area (Å²) < 4.78 is 13.7. The zero-order chi connectivity index (χ0) is 13.9. The minimum atomic E-state index is -0.920. The van der Waals surface area contributed by atoms with Crippen LogP contribution in [0.1, 0.15) is 51.7 Å². The number of halogens is 1. The lowest BCUT2D eigenvalue weighted by Gasteiger charge is -2.32. The Morgan fingerprint density at radius 3 is 2.00 bits per heavy atom. The highest BCUT2D eigenvalue weighted by atomic mass is 19.1. The van der Waals surface area contributed by atoms with Gasteiger partial charge in [-0.3, -0.25) is 0 Å². The van der Waals surface area contributed by atoms with Crippen molar-refractivity contribution < 1.29 is 9.50 Å². The van der Waals surface area contributed by atoms with Gasteiger partial charge in [0.1, 0.15) is 5.82 Å². The molecule has 0 amide bonds. The maximum absolute atomic E-state index is 13.7. The number of rotatable bonds is 5. The van der Waals surface area contributed by atoms with E-state index in [0.717, 1.165) is 0 Å². The van der Waals surface area contributed by atoms with Crippen molar-refractivity contribution in [1.82, 2.24) is 0 Å². The monoisotopic (exact) mass is 252 g/mol. The molecule has 1 nitrogen and oxygen atoms in total. The second-order valence-corrected chi connectivity index (χ2v) is 6.19. The van der Waals surface area contributed by atoms with E-state index in [2.05, 4.69) is 27.7 Å². The van der Waals surface area contributed by atoms with E-state index in [1.54, 1.807) is 13.0 Å². The first kappa shape index (κ1) is 15.2. The van der Waals surface area contributed by atoms with Gasteiger partial charge in [0.2, 0.25) is 0 Å². The predicted molar refractivity (Wildman–Crippen MR) is 73.9 cm³/mol. The van der Waals surface area contributed by atoms with Crippen LogP contribution in [0.25, 0.3) is 0 Å². The van der Waals surface area contributed by atoms with Crippen molar-refractivity contribution in [3.63, 3.8) is 0 Å². The lowest BCUT2D eigenvalue weighted by atomic mass is 9.79. The normalized spacial score (nSPS) is 12.5. The Hall–Kier alpha value is -0.890. The molecule has 0 aliphatic rings. The van der Waals surface area contributed by atoms with Crippen molar-refractivity contribution in [3.05, 3.63) is 35.1 Å². The van der Waals surface area contributed by atoms with Crippen LogP contribution in [0.4, 0.5) is 4.39 Å².